The van der Waals surface area contributed by atoms with Crippen LogP contribution < -0.4 is 10.6 Å². The molecule has 5 heteroatoms. The Hall–Kier alpha value is -3.31. The van der Waals surface area contributed by atoms with Gasteiger partial charge < -0.3 is 20.5 Å². The first-order valence-corrected chi connectivity index (χ1v) is 11.5. The van der Waals surface area contributed by atoms with Gasteiger partial charge in [-0.3, -0.25) is 0 Å². The molecule has 3 aromatic rings. The van der Waals surface area contributed by atoms with Crippen molar-refractivity contribution in [1.82, 2.24) is 5.32 Å². The lowest BCUT2D eigenvalue weighted by atomic mass is 10.0. The normalized spacial score (nSPS) is 10.9. The van der Waals surface area contributed by atoms with Gasteiger partial charge in [0, 0.05) is 18.8 Å². The highest BCUT2D eigenvalue weighted by atomic mass is 16.5. The number of aryl methyl sites for hydroxylation is 1. The molecule has 3 rings (SSSR count). The van der Waals surface area contributed by atoms with E-state index in [-0.39, 0.29) is 17.9 Å². The molecule has 0 aromatic heterocycles. The predicted octanol–water partition coefficient (Wildman–Crippen LogP) is 5.43. The van der Waals surface area contributed by atoms with Crippen molar-refractivity contribution in [2.45, 2.75) is 39.7 Å². The van der Waals surface area contributed by atoms with Crippen molar-refractivity contribution in [3.63, 3.8) is 0 Å². The zero-order valence-electron chi connectivity index (χ0n) is 19.7. The molecular weight excluding hydrogens is 412 g/mol. The highest BCUT2D eigenvalue weighted by molar-refractivity contribution is 5.93. The van der Waals surface area contributed by atoms with E-state index >= 15 is 0 Å². The van der Waals surface area contributed by atoms with Crippen LogP contribution in [0.2, 0.25) is 0 Å². The van der Waals surface area contributed by atoms with Gasteiger partial charge in [-0.2, -0.15) is 0 Å². The lowest BCUT2D eigenvalue weighted by Crippen LogP contribution is -2.24. The van der Waals surface area contributed by atoms with Crippen LogP contribution >= 0.6 is 0 Å². The maximum atomic E-state index is 12.6. The van der Waals surface area contributed by atoms with Crippen LogP contribution in [0.25, 0.3) is 0 Å². The number of ether oxygens (including phenoxy) is 1. The number of esters is 1. The van der Waals surface area contributed by atoms with Gasteiger partial charge in [0.25, 0.3) is 0 Å². The minimum absolute atomic E-state index is 0.00412. The van der Waals surface area contributed by atoms with Crippen molar-refractivity contribution in [1.29, 1.82) is 0 Å². The zero-order valence-corrected chi connectivity index (χ0v) is 19.7. The third kappa shape index (κ3) is 7.09. The summed E-state index contributed by atoms with van der Waals surface area (Å²) in [6, 6.07) is 21.5. The molecule has 0 aliphatic rings. The summed E-state index contributed by atoms with van der Waals surface area (Å²) in [5.74, 6) is -0.0359. The number of benzene rings is 3. The monoisotopic (exact) mass is 446 g/mol. The minimum atomic E-state index is -0.512. The Morgan fingerprint density at radius 1 is 0.970 bits per heavy atom. The summed E-state index contributed by atoms with van der Waals surface area (Å²) >= 11 is 0. The SMILES string of the molecule is Cc1cc(CCNCCNc2ccccc2C(C)C)c(O)c(C(=O)OCc2ccccc2)c1. The van der Waals surface area contributed by atoms with Crippen LogP contribution in [-0.4, -0.2) is 30.7 Å². The van der Waals surface area contributed by atoms with Crippen molar-refractivity contribution >= 4 is 11.7 Å². The van der Waals surface area contributed by atoms with Crippen molar-refractivity contribution in [2.24, 2.45) is 0 Å². The zero-order chi connectivity index (χ0) is 23.6. The van der Waals surface area contributed by atoms with Gasteiger partial charge in [-0.05, 0) is 60.2 Å². The molecule has 0 spiro atoms. The first-order chi connectivity index (χ1) is 16.0. The molecule has 0 radical (unpaired) electrons. The van der Waals surface area contributed by atoms with Gasteiger partial charge in [0.1, 0.15) is 17.9 Å². The molecule has 0 saturated heterocycles. The topological polar surface area (TPSA) is 70.6 Å². The van der Waals surface area contributed by atoms with Gasteiger partial charge in [-0.25, -0.2) is 4.79 Å². The molecule has 0 atom stereocenters. The van der Waals surface area contributed by atoms with E-state index < -0.39 is 5.97 Å². The second-order valence-corrected chi connectivity index (χ2v) is 8.55. The Labute approximate surface area is 196 Å². The molecule has 0 heterocycles. The standard InChI is InChI=1S/C28H34N2O3/c1-20(2)24-11-7-8-12-26(24)30-16-15-29-14-13-23-17-21(3)18-25(27(23)31)28(32)33-19-22-9-5-4-6-10-22/h4-12,17-18,20,29-31H,13-16,19H2,1-3H3. The van der Waals surface area contributed by atoms with Crippen LogP contribution in [0.5, 0.6) is 5.75 Å². The summed E-state index contributed by atoms with van der Waals surface area (Å²) in [6.45, 7) is 8.78. The molecule has 0 aliphatic carbocycles. The van der Waals surface area contributed by atoms with Crippen molar-refractivity contribution in [2.75, 3.05) is 25.0 Å². The Morgan fingerprint density at radius 2 is 1.70 bits per heavy atom. The van der Waals surface area contributed by atoms with Gasteiger partial charge in [0.15, 0.2) is 0 Å². The number of anilines is 1. The van der Waals surface area contributed by atoms with Gasteiger partial charge in [-0.15, -0.1) is 0 Å². The van der Waals surface area contributed by atoms with Gasteiger partial charge in [0.2, 0.25) is 0 Å². The second-order valence-electron chi connectivity index (χ2n) is 8.55. The highest BCUT2D eigenvalue weighted by Gasteiger charge is 2.17. The number of phenols is 1. The Kier molecular flexibility index (Phi) is 8.90. The van der Waals surface area contributed by atoms with Crippen LogP contribution in [0.15, 0.2) is 66.7 Å². The van der Waals surface area contributed by atoms with Crippen LogP contribution in [-0.2, 0) is 17.8 Å². The van der Waals surface area contributed by atoms with E-state index in [1.807, 2.05) is 49.4 Å². The number of hydrogen-bond donors (Lipinski definition) is 3. The van der Waals surface area contributed by atoms with Crippen LogP contribution in [0.4, 0.5) is 5.69 Å². The molecule has 3 N–H and O–H groups in total. The molecule has 0 saturated carbocycles. The quantitative estimate of drug-likeness (QED) is 0.271. The van der Waals surface area contributed by atoms with Crippen LogP contribution in [0, 0.1) is 6.92 Å². The first-order valence-electron chi connectivity index (χ1n) is 11.5. The van der Waals surface area contributed by atoms with Crippen LogP contribution in [0.1, 0.15) is 52.4 Å². The maximum Gasteiger partial charge on any atom is 0.342 e. The van der Waals surface area contributed by atoms with Gasteiger partial charge in [-0.1, -0.05) is 68.4 Å². The van der Waals surface area contributed by atoms with Gasteiger partial charge >= 0.3 is 5.97 Å². The van der Waals surface area contributed by atoms with E-state index in [2.05, 4.69) is 42.7 Å². The van der Waals surface area contributed by atoms with Crippen molar-refractivity contribution in [3.05, 3.63) is 94.5 Å². The fourth-order valence-electron chi connectivity index (χ4n) is 3.80. The highest BCUT2D eigenvalue weighted by Crippen LogP contribution is 2.26. The lowest BCUT2D eigenvalue weighted by molar-refractivity contribution is 0.0469. The number of carbonyl (C=O) groups excluding carboxylic acids is 1. The number of aromatic hydroxyl groups is 1. The largest absolute Gasteiger partial charge is 0.507 e. The predicted molar refractivity (Wildman–Crippen MR) is 134 cm³/mol. The summed E-state index contributed by atoms with van der Waals surface area (Å²) in [4.78, 5) is 12.6. The number of carbonyl (C=O) groups is 1. The van der Waals surface area contributed by atoms with E-state index in [0.717, 1.165) is 29.8 Å². The molecule has 33 heavy (non-hydrogen) atoms. The van der Waals surface area contributed by atoms with E-state index in [0.29, 0.717) is 18.9 Å². The summed E-state index contributed by atoms with van der Waals surface area (Å²) in [5.41, 5.74) is 5.27. The Morgan fingerprint density at radius 3 is 2.45 bits per heavy atom. The Bertz CT molecular complexity index is 1050. The fourth-order valence-corrected chi connectivity index (χ4v) is 3.80. The molecule has 3 aromatic carbocycles. The summed E-state index contributed by atoms with van der Waals surface area (Å²) in [5, 5.41) is 17.6. The Balaban J connectivity index is 1.49. The number of para-hydroxylation sites is 1. The molecule has 5 nitrogen and oxygen atoms in total. The van der Waals surface area contributed by atoms with Gasteiger partial charge in [0.05, 0.1) is 0 Å². The second kappa shape index (κ2) is 12.1. The number of hydrogen-bond acceptors (Lipinski definition) is 5. The molecule has 174 valence electrons. The molecule has 0 amide bonds. The molecule has 0 aliphatic heterocycles. The summed E-state index contributed by atoms with van der Waals surface area (Å²) in [6.07, 6.45) is 0.620. The van der Waals surface area contributed by atoms with E-state index in [9.17, 15) is 9.90 Å². The third-order valence-electron chi connectivity index (χ3n) is 5.54. The van der Waals surface area contributed by atoms with E-state index in [1.165, 1.54) is 11.3 Å². The van der Waals surface area contributed by atoms with E-state index in [4.69, 9.17) is 4.74 Å². The fraction of sp³-hybridized carbons (Fsp3) is 0.321. The number of rotatable bonds is 11. The van der Waals surface area contributed by atoms with E-state index in [1.54, 1.807) is 6.07 Å². The minimum Gasteiger partial charge on any atom is -0.507 e. The summed E-state index contributed by atoms with van der Waals surface area (Å²) in [7, 11) is 0. The molecule has 0 fully saturated rings. The summed E-state index contributed by atoms with van der Waals surface area (Å²) < 4.78 is 5.41. The number of nitrogens with one attached hydrogen (secondary N) is 2. The number of phenolic OH excluding ortho intramolecular Hbond substituents is 1. The first kappa shape index (κ1) is 24.3. The smallest absolute Gasteiger partial charge is 0.342 e. The van der Waals surface area contributed by atoms with Crippen molar-refractivity contribution in [3.8, 4) is 5.75 Å². The maximum absolute atomic E-state index is 12.6. The van der Waals surface area contributed by atoms with Crippen molar-refractivity contribution < 1.29 is 14.6 Å². The lowest BCUT2D eigenvalue weighted by Gasteiger charge is -2.15. The molecular formula is C28H34N2O3. The molecule has 0 unspecified atom stereocenters. The average molecular weight is 447 g/mol. The van der Waals surface area contributed by atoms with Crippen LogP contribution in [0.3, 0.4) is 0 Å². The average Bonchev–Trinajstić information content (AvgIpc) is 2.82. The third-order valence-corrected chi connectivity index (χ3v) is 5.54. The molecule has 0 bridgehead atoms.